The van der Waals surface area contributed by atoms with Gasteiger partial charge in [0, 0.05) is 37.6 Å². The van der Waals surface area contributed by atoms with Gasteiger partial charge in [0.15, 0.2) is 0 Å². The number of amides is 2. The van der Waals surface area contributed by atoms with Crippen LogP contribution in [-0.4, -0.2) is 43.4 Å². The highest BCUT2D eigenvalue weighted by atomic mass is 16.2. The highest BCUT2D eigenvalue weighted by molar-refractivity contribution is 6.05. The lowest BCUT2D eigenvalue weighted by molar-refractivity contribution is -0.122. The molecule has 1 atom stereocenters. The number of hydrogen-bond acceptors (Lipinski definition) is 4. The number of anilines is 2. The predicted molar refractivity (Wildman–Crippen MR) is 108 cm³/mol. The Hall–Kier alpha value is -2.86. The molecular weight excluding hydrogens is 340 g/mol. The fraction of sp³-hybridized carbons (Fsp3) is 0.333. The van der Waals surface area contributed by atoms with E-state index in [1.807, 2.05) is 61.5 Å². The van der Waals surface area contributed by atoms with Crippen LogP contribution in [0.5, 0.6) is 0 Å². The summed E-state index contributed by atoms with van der Waals surface area (Å²) in [5.41, 5.74) is 8.83. The van der Waals surface area contributed by atoms with Crippen LogP contribution in [0.4, 0.5) is 11.4 Å². The van der Waals surface area contributed by atoms with Crippen LogP contribution in [-0.2, 0) is 11.3 Å². The molecule has 1 saturated heterocycles. The molecule has 6 nitrogen and oxygen atoms in total. The van der Waals surface area contributed by atoms with Crippen molar-refractivity contribution in [2.45, 2.75) is 25.4 Å². The van der Waals surface area contributed by atoms with Crippen LogP contribution in [0.25, 0.3) is 0 Å². The average Bonchev–Trinajstić information content (AvgIpc) is 3.12. The normalized spacial score (nSPS) is 16.9. The number of rotatable bonds is 6. The minimum absolute atomic E-state index is 0.154. The summed E-state index contributed by atoms with van der Waals surface area (Å²) >= 11 is 0. The summed E-state index contributed by atoms with van der Waals surface area (Å²) in [6.07, 6.45) is 1.75. The number of nitrogens with one attached hydrogen (secondary N) is 1. The van der Waals surface area contributed by atoms with Crippen LogP contribution in [0.1, 0.15) is 28.8 Å². The Balaban J connectivity index is 1.77. The quantitative estimate of drug-likeness (QED) is 0.823. The van der Waals surface area contributed by atoms with Gasteiger partial charge in [0.05, 0.1) is 6.04 Å². The van der Waals surface area contributed by atoms with E-state index in [4.69, 9.17) is 5.73 Å². The Kier molecular flexibility index (Phi) is 5.76. The van der Waals surface area contributed by atoms with Gasteiger partial charge in [-0.05, 0) is 49.2 Å². The number of benzene rings is 2. The highest BCUT2D eigenvalue weighted by Gasteiger charge is 2.29. The Labute approximate surface area is 159 Å². The van der Waals surface area contributed by atoms with Crippen molar-refractivity contribution in [3.8, 4) is 0 Å². The maximum atomic E-state index is 12.7. The Morgan fingerprint density at radius 1 is 1.19 bits per heavy atom. The van der Waals surface area contributed by atoms with Crippen molar-refractivity contribution in [1.29, 1.82) is 0 Å². The lowest BCUT2D eigenvalue weighted by Crippen LogP contribution is -2.39. The smallest absolute Gasteiger partial charge is 0.255 e. The Morgan fingerprint density at radius 3 is 2.70 bits per heavy atom. The molecule has 3 N–H and O–H groups in total. The number of carbonyl (C=O) groups is 2. The Bertz CT molecular complexity index is 834. The molecule has 3 rings (SSSR count). The first-order valence-electron chi connectivity index (χ1n) is 9.15. The van der Waals surface area contributed by atoms with Crippen molar-refractivity contribution < 1.29 is 9.59 Å². The molecule has 0 radical (unpaired) electrons. The van der Waals surface area contributed by atoms with E-state index >= 15 is 0 Å². The minimum Gasteiger partial charge on any atom is -0.378 e. The molecule has 6 heteroatoms. The zero-order valence-corrected chi connectivity index (χ0v) is 15.8. The predicted octanol–water partition coefficient (Wildman–Crippen LogP) is 2.45. The van der Waals surface area contributed by atoms with Crippen LogP contribution in [0, 0.1) is 0 Å². The molecule has 142 valence electrons. The second-order valence-electron chi connectivity index (χ2n) is 7.09. The average molecular weight is 366 g/mol. The van der Waals surface area contributed by atoms with Crippen molar-refractivity contribution >= 4 is 23.2 Å². The molecule has 0 bridgehead atoms. The lowest BCUT2D eigenvalue weighted by atomic mass is 10.1. The van der Waals surface area contributed by atoms with Gasteiger partial charge in [-0.15, -0.1) is 0 Å². The number of carbonyl (C=O) groups excluding carboxylic acids is 2. The Morgan fingerprint density at radius 2 is 1.96 bits per heavy atom. The zero-order chi connectivity index (χ0) is 19.4. The standard InChI is InChI=1S/C21H26N4O2/c1-24(2)17-9-5-8-15(13-17)21(27)23-18-10-4-3-7-16(18)14-25-12-6-11-19(25)20(22)26/h3-5,7-10,13,19H,6,11-12,14H2,1-2H3,(H2,22,26)(H,23,27). The molecule has 1 heterocycles. The summed E-state index contributed by atoms with van der Waals surface area (Å²) < 4.78 is 0. The molecule has 0 aromatic heterocycles. The molecule has 1 unspecified atom stereocenters. The summed E-state index contributed by atoms with van der Waals surface area (Å²) in [7, 11) is 3.88. The maximum absolute atomic E-state index is 12.7. The van der Waals surface area contributed by atoms with E-state index < -0.39 is 0 Å². The summed E-state index contributed by atoms with van der Waals surface area (Å²) in [4.78, 5) is 28.4. The summed E-state index contributed by atoms with van der Waals surface area (Å²) in [5.74, 6) is -0.437. The molecule has 0 aliphatic carbocycles. The van der Waals surface area contributed by atoms with Gasteiger partial charge in [0.25, 0.3) is 5.91 Å². The minimum atomic E-state index is -0.283. The first-order valence-corrected chi connectivity index (χ1v) is 9.15. The lowest BCUT2D eigenvalue weighted by Gasteiger charge is -2.23. The molecule has 27 heavy (non-hydrogen) atoms. The fourth-order valence-electron chi connectivity index (χ4n) is 3.46. The fourth-order valence-corrected chi connectivity index (χ4v) is 3.46. The summed E-state index contributed by atoms with van der Waals surface area (Å²) in [6, 6.07) is 15.0. The maximum Gasteiger partial charge on any atom is 0.255 e. The van der Waals surface area contributed by atoms with Gasteiger partial charge in [-0.25, -0.2) is 0 Å². The van der Waals surface area contributed by atoms with Crippen LogP contribution in [0.2, 0.25) is 0 Å². The van der Waals surface area contributed by atoms with Gasteiger partial charge in [-0.1, -0.05) is 24.3 Å². The number of primary amides is 1. The molecule has 2 aromatic carbocycles. The van der Waals surface area contributed by atoms with Gasteiger partial charge in [-0.3, -0.25) is 14.5 Å². The van der Waals surface area contributed by atoms with Crippen molar-refractivity contribution in [3.63, 3.8) is 0 Å². The highest BCUT2D eigenvalue weighted by Crippen LogP contribution is 2.24. The zero-order valence-electron chi connectivity index (χ0n) is 15.8. The van der Waals surface area contributed by atoms with Crippen molar-refractivity contribution in [3.05, 3.63) is 59.7 Å². The van der Waals surface area contributed by atoms with E-state index in [-0.39, 0.29) is 17.9 Å². The van der Waals surface area contributed by atoms with E-state index in [1.165, 1.54) is 0 Å². The first kappa shape index (κ1) is 18.9. The molecular formula is C21H26N4O2. The van der Waals surface area contributed by atoms with Crippen LogP contribution >= 0.6 is 0 Å². The number of hydrogen-bond donors (Lipinski definition) is 2. The largest absolute Gasteiger partial charge is 0.378 e. The van der Waals surface area contributed by atoms with Crippen molar-refractivity contribution in [1.82, 2.24) is 4.90 Å². The molecule has 1 aliphatic rings. The third-order valence-electron chi connectivity index (χ3n) is 4.96. The van der Waals surface area contributed by atoms with Crippen molar-refractivity contribution in [2.24, 2.45) is 5.73 Å². The van der Waals surface area contributed by atoms with Crippen LogP contribution in [0.3, 0.4) is 0 Å². The first-order chi connectivity index (χ1) is 13.0. The van der Waals surface area contributed by atoms with E-state index in [0.717, 1.165) is 36.3 Å². The van der Waals surface area contributed by atoms with E-state index in [2.05, 4.69) is 10.2 Å². The SMILES string of the molecule is CN(C)c1cccc(C(=O)Nc2ccccc2CN2CCCC2C(N)=O)c1. The summed E-state index contributed by atoms with van der Waals surface area (Å²) in [5, 5.41) is 3.01. The third-order valence-corrected chi connectivity index (χ3v) is 4.96. The van der Waals surface area contributed by atoms with E-state index in [9.17, 15) is 9.59 Å². The topological polar surface area (TPSA) is 78.7 Å². The number of nitrogens with two attached hydrogens (primary N) is 1. The third kappa shape index (κ3) is 4.46. The molecule has 2 aromatic rings. The van der Waals surface area contributed by atoms with Gasteiger partial charge in [-0.2, -0.15) is 0 Å². The van der Waals surface area contributed by atoms with Gasteiger partial charge < -0.3 is 16.0 Å². The molecule has 0 spiro atoms. The molecule has 2 amide bonds. The second-order valence-corrected chi connectivity index (χ2v) is 7.09. The number of para-hydroxylation sites is 1. The van der Waals surface area contributed by atoms with Gasteiger partial charge in [0.1, 0.15) is 0 Å². The number of likely N-dealkylation sites (tertiary alicyclic amines) is 1. The summed E-state index contributed by atoms with van der Waals surface area (Å²) in [6.45, 7) is 1.42. The van der Waals surface area contributed by atoms with E-state index in [0.29, 0.717) is 12.1 Å². The number of nitrogens with zero attached hydrogens (tertiary/aromatic N) is 2. The van der Waals surface area contributed by atoms with Gasteiger partial charge in [0.2, 0.25) is 5.91 Å². The van der Waals surface area contributed by atoms with Crippen LogP contribution in [0.15, 0.2) is 48.5 Å². The van der Waals surface area contributed by atoms with E-state index in [1.54, 1.807) is 6.07 Å². The molecule has 0 saturated carbocycles. The van der Waals surface area contributed by atoms with Crippen molar-refractivity contribution in [2.75, 3.05) is 30.9 Å². The molecule has 1 aliphatic heterocycles. The molecule has 1 fully saturated rings. The second kappa shape index (κ2) is 8.22. The van der Waals surface area contributed by atoms with Gasteiger partial charge >= 0.3 is 0 Å². The monoisotopic (exact) mass is 366 g/mol. The van der Waals surface area contributed by atoms with Crippen LogP contribution < -0.4 is 16.0 Å².